The Balaban J connectivity index is 1.59. The van der Waals surface area contributed by atoms with Crippen LogP contribution in [0.1, 0.15) is 21.5 Å². The molecule has 2 amide bonds. The van der Waals surface area contributed by atoms with Crippen LogP contribution in [0, 0.1) is 0 Å². The summed E-state index contributed by atoms with van der Waals surface area (Å²) < 4.78 is 0. The zero-order chi connectivity index (χ0) is 28.1. The minimum absolute atomic E-state index is 0.0102. The monoisotopic (exact) mass is 527 g/mol. The number of aromatic carboxylic acids is 1. The third-order valence-corrected chi connectivity index (χ3v) is 6.56. The third kappa shape index (κ3) is 6.51. The van der Waals surface area contributed by atoms with Crippen LogP contribution in [0.4, 0.5) is 17.1 Å². The van der Waals surface area contributed by atoms with Crippen LogP contribution in [0.3, 0.4) is 0 Å². The van der Waals surface area contributed by atoms with Crippen molar-refractivity contribution in [3.05, 3.63) is 89.5 Å². The Bertz CT molecular complexity index is 1400. The molecule has 0 aromatic heterocycles. The summed E-state index contributed by atoms with van der Waals surface area (Å²) in [5.41, 5.74) is 4.48. The van der Waals surface area contributed by atoms with E-state index in [1.165, 1.54) is 12.1 Å². The summed E-state index contributed by atoms with van der Waals surface area (Å²) in [4.78, 5) is 43.0. The van der Waals surface area contributed by atoms with Crippen LogP contribution in [0.2, 0.25) is 0 Å². The average molecular weight is 528 g/mol. The number of anilines is 3. The number of carboxylic acid groups (broad SMARTS) is 1. The maximum Gasteiger partial charge on any atom is 0.335 e. The maximum atomic E-state index is 13.1. The molecule has 1 heterocycles. The van der Waals surface area contributed by atoms with Gasteiger partial charge in [0.25, 0.3) is 5.91 Å². The number of hydrogen-bond donors (Lipinski definition) is 3. The number of hydrogen-bond acceptors (Lipinski definition) is 6. The number of likely N-dealkylation sites (N-methyl/N-ethyl adjacent to an activating group) is 3. The lowest BCUT2D eigenvalue weighted by molar-refractivity contribution is -0.119. The minimum atomic E-state index is -1.06. The second-order valence-electron chi connectivity index (χ2n) is 9.80. The predicted molar refractivity (Wildman–Crippen MR) is 155 cm³/mol. The first-order valence-electron chi connectivity index (χ1n) is 12.6. The molecule has 1 aliphatic rings. The van der Waals surface area contributed by atoms with Gasteiger partial charge in [-0.2, -0.15) is 0 Å². The molecule has 0 spiro atoms. The number of rotatable bonds is 10. The Morgan fingerprint density at radius 1 is 0.872 bits per heavy atom. The van der Waals surface area contributed by atoms with Gasteiger partial charge in [0.05, 0.1) is 29.1 Å². The van der Waals surface area contributed by atoms with Crippen LogP contribution in [0.5, 0.6) is 0 Å². The molecule has 3 aromatic carbocycles. The molecule has 39 heavy (non-hydrogen) atoms. The van der Waals surface area contributed by atoms with E-state index >= 15 is 0 Å². The van der Waals surface area contributed by atoms with E-state index < -0.39 is 5.97 Å². The van der Waals surface area contributed by atoms with Gasteiger partial charge in [-0.25, -0.2) is 4.79 Å². The van der Waals surface area contributed by atoms with Gasteiger partial charge in [0.15, 0.2) is 0 Å². The molecule has 0 unspecified atom stereocenters. The molecular formula is C30H33N5O4. The number of fused-ring (bicyclic) bond motifs is 1. The van der Waals surface area contributed by atoms with Crippen LogP contribution >= 0.6 is 0 Å². The number of nitrogens with one attached hydrogen (secondary N) is 2. The Morgan fingerprint density at radius 3 is 2.21 bits per heavy atom. The first-order chi connectivity index (χ1) is 18.6. The van der Waals surface area contributed by atoms with Crippen molar-refractivity contribution in [1.82, 2.24) is 9.80 Å². The zero-order valence-corrected chi connectivity index (χ0v) is 22.6. The fourth-order valence-electron chi connectivity index (χ4n) is 4.28. The molecule has 0 atom stereocenters. The van der Waals surface area contributed by atoms with Crippen molar-refractivity contribution in [2.24, 2.45) is 0 Å². The average Bonchev–Trinajstić information content (AvgIpc) is 3.25. The van der Waals surface area contributed by atoms with E-state index in [4.69, 9.17) is 0 Å². The molecule has 0 saturated heterocycles. The quantitative estimate of drug-likeness (QED) is 0.345. The van der Waals surface area contributed by atoms with Gasteiger partial charge in [-0.15, -0.1) is 0 Å². The van der Waals surface area contributed by atoms with Gasteiger partial charge >= 0.3 is 5.97 Å². The summed E-state index contributed by atoms with van der Waals surface area (Å²) in [5.74, 6) is -1.39. The molecule has 0 radical (unpaired) electrons. The topological polar surface area (TPSA) is 105 Å². The van der Waals surface area contributed by atoms with Crippen LogP contribution in [0.15, 0.2) is 72.8 Å². The van der Waals surface area contributed by atoms with Crippen molar-refractivity contribution in [1.29, 1.82) is 0 Å². The van der Waals surface area contributed by atoms with Crippen LogP contribution in [-0.2, 0) is 9.59 Å². The zero-order valence-electron chi connectivity index (χ0n) is 22.6. The molecule has 9 nitrogen and oxygen atoms in total. The number of carbonyl (C=O) groups is 3. The van der Waals surface area contributed by atoms with Crippen molar-refractivity contribution >= 4 is 46.1 Å². The summed E-state index contributed by atoms with van der Waals surface area (Å²) >= 11 is 0. The Hall–Kier alpha value is -4.47. The van der Waals surface area contributed by atoms with Gasteiger partial charge in [-0.05, 0) is 63.1 Å². The van der Waals surface area contributed by atoms with Gasteiger partial charge in [0.1, 0.15) is 0 Å². The summed E-state index contributed by atoms with van der Waals surface area (Å²) in [7, 11) is 7.70. The lowest BCUT2D eigenvalue weighted by Gasteiger charge is -2.23. The highest BCUT2D eigenvalue weighted by atomic mass is 16.4. The van der Waals surface area contributed by atoms with Crippen molar-refractivity contribution < 1.29 is 19.5 Å². The second kappa shape index (κ2) is 11.9. The lowest BCUT2D eigenvalue weighted by Crippen LogP contribution is -2.39. The van der Waals surface area contributed by atoms with E-state index in [9.17, 15) is 19.5 Å². The van der Waals surface area contributed by atoms with Gasteiger partial charge in [0, 0.05) is 37.1 Å². The highest BCUT2D eigenvalue weighted by Crippen LogP contribution is 2.38. The number of carboxylic acids is 1. The van der Waals surface area contributed by atoms with Gasteiger partial charge < -0.3 is 25.5 Å². The smallest absolute Gasteiger partial charge is 0.335 e. The van der Waals surface area contributed by atoms with E-state index in [1.807, 2.05) is 80.6 Å². The van der Waals surface area contributed by atoms with E-state index in [0.29, 0.717) is 29.1 Å². The van der Waals surface area contributed by atoms with Crippen molar-refractivity contribution in [3.63, 3.8) is 0 Å². The van der Waals surface area contributed by atoms with Crippen molar-refractivity contribution in [2.45, 2.75) is 0 Å². The first kappa shape index (κ1) is 27.6. The second-order valence-corrected chi connectivity index (χ2v) is 9.80. The van der Waals surface area contributed by atoms with E-state index in [0.717, 1.165) is 30.0 Å². The summed E-state index contributed by atoms with van der Waals surface area (Å²) in [6.07, 6.45) is 0. The van der Waals surface area contributed by atoms with Crippen LogP contribution < -0.4 is 15.5 Å². The molecule has 1 aliphatic heterocycles. The first-order valence-corrected chi connectivity index (χ1v) is 12.6. The van der Waals surface area contributed by atoms with E-state index in [-0.39, 0.29) is 17.4 Å². The van der Waals surface area contributed by atoms with Crippen molar-refractivity contribution in [2.75, 3.05) is 63.4 Å². The normalized spacial score (nSPS) is 13.7. The van der Waals surface area contributed by atoms with E-state index in [2.05, 4.69) is 15.5 Å². The predicted octanol–water partition coefficient (Wildman–Crippen LogP) is 3.77. The van der Waals surface area contributed by atoms with Gasteiger partial charge in [0.2, 0.25) is 5.91 Å². The molecule has 3 N–H and O–H groups in total. The number of amides is 2. The maximum absolute atomic E-state index is 13.1. The Labute approximate surface area is 228 Å². The Kier molecular flexibility index (Phi) is 8.43. The van der Waals surface area contributed by atoms with Gasteiger partial charge in [-0.1, -0.05) is 36.4 Å². The highest BCUT2D eigenvalue weighted by Gasteiger charge is 2.29. The number of nitrogens with zero attached hydrogens (tertiary/aromatic N) is 3. The SMILES string of the molecule is CN(C)CCN(C)CC(=O)N(C)c1ccc(NC(=C2C(=O)Nc3cc(C(=O)O)ccc32)c2ccccc2)cc1. The molecule has 0 bridgehead atoms. The highest BCUT2D eigenvalue weighted by molar-refractivity contribution is 6.37. The molecule has 3 aromatic rings. The summed E-state index contributed by atoms with van der Waals surface area (Å²) in [5, 5.41) is 15.5. The lowest BCUT2D eigenvalue weighted by atomic mass is 9.99. The molecular weight excluding hydrogens is 494 g/mol. The fraction of sp³-hybridized carbons (Fsp3) is 0.233. The third-order valence-electron chi connectivity index (χ3n) is 6.56. The molecule has 4 rings (SSSR count). The number of benzene rings is 3. The molecule has 0 fully saturated rings. The summed E-state index contributed by atoms with van der Waals surface area (Å²) in [6, 6.07) is 21.5. The molecule has 202 valence electrons. The molecule has 9 heteroatoms. The largest absolute Gasteiger partial charge is 0.478 e. The standard InChI is InChI=1S/C30H33N5O4/c1-33(2)16-17-34(3)19-26(36)35(4)23-13-11-22(12-14-23)31-28(20-8-6-5-7-9-20)27-24-15-10-21(30(38)39)18-25(24)32-29(27)37/h5-15,18,31H,16-17,19H2,1-4H3,(H,32,37)(H,38,39). The fourth-order valence-corrected chi connectivity index (χ4v) is 4.28. The van der Waals surface area contributed by atoms with Crippen LogP contribution in [-0.4, -0.2) is 80.5 Å². The van der Waals surface area contributed by atoms with E-state index in [1.54, 1.807) is 18.0 Å². The van der Waals surface area contributed by atoms with Gasteiger partial charge in [-0.3, -0.25) is 14.5 Å². The molecule has 0 saturated carbocycles. The summed E-state index contributed by atoms with van der Waals surface area (Å²) in [6.45, 7) is 1.98. The number of carbonyl (C=O) groups excluding carboxylic acids is 2. The molecule has 0 aliphatic carbocycles. The Morgan fingerprint density at radius 2 is 1.56 bits per heavy atom. The van der Waals surface area contributed by atoms with Crippen LogP contribution in [0.25, 0.3) is 11.3 Å². The minimum Gasteiger partial charge on any atom is -0.478 e. The van der Waals surface area contributed by atoms with Crippen molar-refractivity contribution in [3.8, 4) is 0 Å².